The van der Waals surface area contributed by atoms with Gasteiger partial charge >= 0.3 is 0 Å². The van der Waals surface area contributed by atoms with Crippen LogP contribution in [0.3, 0.4) is 0 Å². The summed E-state index contributed by atoms with van der Waals surface area (Å²) < 4.78 is 11.0. The van der Waals surface area contributed by atoms with E-state index >= 15 is 0 Å². The number of carbonyl (C=O) groups is 3. The number of benzene rings is 4. The molecule has 0 N–H and O–H groups in total. The topological polar surface area (TPSA) is 72.9 Å². The number of hydrogen-bond acceptors (Lipinski definition) is 6. The SMILES string of the molecule is COc1cccc(C(=O)[C@@H]2[C@@H](c3cccc(OC)c3)C3(C(=O)c4ccccc4C3=O)[C@H]3C=Cc4cc(Cl)ccc4N23)c1. The Kier molecular flexibility index (Phi) is 6.06. The Balaban J connectivity index is 1.55. The van der Waals surface area contributed by atoms with Crippen LogP contribution in [0.5, 0.6) is 11.5 Å². The summed E-state index contributed by atoms with van der Waals surface area (Å²) in [6.07, 6.45) is 3.78. The molecule has 2 aliphatic heterocycles. The van der Waals surface area contributed by atoms with Crippen molar-refractivity contribution in [1.82, 2.24) is 0 Å². The lowest BCUT2D eigenvalue weighted by molar-refractivity contribution is 0.0665. The van der Waals surface area contributed by atoms with Crippen LogP contribution >= 0.6 is 11.6 Å². The predicted octanol–water partition coefficient (Wildman–Crippen LogP) is 6.67. The van der Waals surface area contributed by atoms with E-state index in [2.05, 4.69) is 0 Å². The quantitative estimate of drug-likeness (QED) is 0.195. The minimum atomic E-state index is -1.59. The maximum Gasteiger partial charge on any atom is 0.186 e. The number of halogens is 1. The molecule has 0 aromatic heterocycles. The number of ketones is 3. The average Bonchev–Trinajstić information content (AvgIpc) is 3.46. The van der Waals surface area contributed by atoms with Gasteiger partial charge in [0.05, 0.1) is 20.3 Å². The van der Waals surface area contributed by atoms with Crippen molar-refractivity contribution in [3.63, 3.8) is 0 Å². The van der Waals surface area contributed by atoms with Crippen LogP contribution in [0.1, 0.15) is 48.1 Å². The first-order valence-corrected chi connectivity index (χ1v) is 14.0. The Bertz CT molecular complexity index is 1790. The van der Waals surface area contributed by atoms with Gasteiger partial charge in [-0.25, -0.2) is 0 Å². The normalized spacial score (nSPS) is 21.2. The molecule has 2 heterocycles. The Morgan fingerprint density at radius 3 is 2.17 bits per heavy atom. The van der Waals surface area contributed by atoms with Crippen molar-refractivity contribution >= 4 is 40.7 Å². The van der Waals surface area contributed by atoms with E-state index in [9.17, 15) is 14.4 Å². The van der Waals surface area contributed by atoms with E-state index in [1.54, 1.807) is 68.8 Å². The van der Waals surface area contributed by atoms with Crippen molar-refractivity contribution in [1.29, 1.82) is 0 Å². The third-order valence-electron chi connectivity index (χ3n) is 8.84. The Hall–Kier alpha value is -4.68. The van der Waals surface area contributed by atoms with Crippen LogP contribution in [0.2, 0.25) is 5.02 Å². The number of fused-ring (bicyclic) bond motifs is 5. The van der Waals surface area contributed by atoms with Crippen LogP contribution in [0.25, 0.3) is 6.08 Å². The van der Waals surface area contributed by atoms with Gasteiger partial charge in [-0.15, -0.1) is 0 Å². The van der Waals surface area contributed by atoms with Gasteiger partial charge in [0, 0.05) is 33.3 Å². The van der Waals surface area contributed by atoms with Crippen LogP contribution < -0.4 is 14.4 Å². The number of ether oxygens (including phenoxy) is 2. The second-order valence-electron chi connectivity index (χ2n) is 10.8. The number of hydrogen-bond donors (Lipinski definition) is 0. The van der Waals surface area contributed by atoms with Crippen LogP contribution in [0.4, 0.5) is 5.69 Å². The summed E-state index contributed by atoms with van der Waals surface area (Å²) in [5.74, 6) is -0.526. The molecule has 3 atom stereocenters. The molecule has 3 aliphatic rings. The maximum absolute atomic E-state index is 14.8. The van der Waals surface area contributed by atoms with Gasteiger partial charge in [-0.05, 0) is 53.6 Å². The number of nitrogens with zero attached hydrogens (tertiary/aromatic N) is 1. The summed E-state index contributed by atoms with van der Waals surface area (Å²) in [5.41, 5.74) is 1.78. The third-order valence-corrected chi connectivity index (χ3v) is 9.08. The van der Waals surface area contributed by atoms with Gasteiger partial charge in [-0.1, -0.05) is 72.3 Å². The van der Waals surface area contributed by atoms with E-state index < -0.39 is 23.4 Å². The molecule has 1 saturated heterocycles. The highest BCUT2D eigenvalue weighted by Crippen LogP contribution is 2.61. The molecular formula is C35H26ClNO5. The summed E-state index contributed by atoms with van der Waals surface area (Å²) >= 11 is 6.38. The Labute approximate surface area is 248 Å². The highest BCUT2D eigenvalue weighted by Gasteiger charge is 2.71. The minimum Gasteiger partial charge on any atom is -0.497 e. The molecule has 0 unspecified atom stereocenters. The van der Waals surface area contributed by atoms with E-state index in [1.807, 2.05) is 53.5 Å². The number of carbonyl (C=O) groups excluding carboxylic acids is 3. The van der Waals surface area contributed by atoms with Gasteiger partial charge in [-0.3, -0.25) is 14.4 Å². The smallest absolute Gasteiger partial charge is 0.186 e. The molecule has 4 aromatic carbocycles. The van der Waals surface area contributed by atoms with Crippen LogP contribution in [0, 0.1) is 5.41 Å². The van der Waals surface area contributed by atoms with E-state index in [0.29, 0.717) is 38.8 Å². The fraction of sp³-hybridized carbons (Fsp3) is 0.171. The zero-order valence-electron chi connectivity index (χ0n) is 22.9. The van der Waals surface area contributed by atoms with Gasteiger partial charge in [-0.2, -0.15) is 0 Å². The molecule has 1 aliphatic carbocycles. The molecule has 4 aromatic rings. The molecule has 0 bridgehead atoms. The number of rotatable bonds is 5. The predicted molar refractivity (Wildman–Crippen MR) is 161 cm³/mol. The van der Waals surface area contributed by atoms with Crippen molar-refractivity contribution in [2.75, 3.05) is 19.1 Å². The lowest BCUT2D eigenvalue weighted by atomic mass is 9.64. The third kappa shape index (κ3) is 3.55. The van der Waals surface area contributed by atoms with E-state index in [4.69, 9.17) is 21.1 Å². The number of methoxy groups -OCH3 is 2. The fourth-order valence-corrected chi connectivity index (χ4v) is 7.28. The van der Waals surface area contributed by atoms with Gasteiger partial charge in [0.15, 0.2) is 17.3 Å². The van der Waals surface area contributed by atoms with E-state index in [-0.39, 0.29) is 17.3 Å². The molecule has 6 nitrogen and oxygen atoms in total. The average molecular weight is 576 g/mol. The van der Waals surface area contributed by atoms with E-state index in [1.165, 1.54) is 0 Å². The number of anilines is 1. The molecule has 1 fully saturated rings. The Morgan fingerprint density at radius 2 is 1.48 bits per heavy atom. The van der Waals surface area contributed by atoms with Gasteiger partial charge in [0.1, 0.15) is 23.0 Å². The van der Waals surface area contributed by atoms with Gasteiger partial charge in [0.2, 0.25) is 0 Å². The standard InChI is InChI=1S/C35H26ClNO5/c1-41-24-9-5-7-21(18-24)30-31(32(38)22-8-6-10-25(19-22)42-2)37-28-15-14-23(36)17-20(28)13-16-29(37)35(30)33(39)26-11-3-4-12-27(26)34(35)40/h3-19,29-31H,1-2H3/t29-,30-,31+/m1/s1. The maximum atomic E-state index is 14.8. The van der Waals surface area contributed by atoms with Crippen LogP contribution in [-0.2, 0) is 0 Å². The molecule has 7 heteroatoms. The van der Waals surface area contributed by atoms with Crippen molar-refractivity contribution in [2.45, 2.75) is 18.0 Å². The summed E-state index contributed by atoms with van der Waals surface area (Å²) in [7, 11) is 3.11. The lowest BCUT2D eigenvalue weighted by Gasteiger charge is -2.37. The zero-order valence-corrected chi connectivity index (χ0v) is 23.7. The van der Waals surface area contributed by atoms with Gasteiger partial charge in [0.25, 0.3) is 0 Å². The number of Topliss-reactive ketones (excluding diaryl/α,β-unsaturated/α-hetero) is 3. The molecule has 42 heavy (non-hydrogen) atoms. The summed E-state index contributed by atoms with van der Waals surface area (Å²) in [6, 6.07) is 25.1. The second kappa shape index (κ2) is 9.71. The van der Waals surface area contributed by atoms with Crippen LogP contribution in [0.15, 0.2) is 97.1 Å². The first-order valence-electron chi connectivity index (χ1n) is 13.7. The molecule has 0 amide bonds. The summed E-state index contributed by atoms with van der Waals surface area (Å²) in [4.78, 5) is 46.2. The van der Waals surface area contributed by atoms with Gasteiger partial charge < -0.3 is 14.4 Å². The van der Waals surface area contributed by atoms with Crippen molar-refractivity contribution in [3.05, 3.63) is 130 Å². The molecule has 7 rings (SSSR count). The van der Waals surface area contributed by atoms with Crippen molar-refractivity contribution in [3.8, 4) is 11.5 Å². The first-order chi connectivity index (χ1) is 20.4. The largest absolute Gasteiger partial charge is 0.497 e. The monoisotopic (exact) mass is 575 g/mol. The minimum absolute atomic E-state index is 0.226. The molecule has 0 radical (unpaired) electrons. The lowest BCUT2D eigenvalue weighted by Crippen LogP contribution is -2.48. The molecule has 1 spiro atoms. The highest BCUT2D eigenvalue weighted by atomic mass is 35.5. The molecular weight excluding hydrogens is 550 g/mol. The summed E-state index contributed by atoms with van der Waals surface area (Å²) in [5, 5.41) is 0.547. The highest BCUT2D eigenvalue weighted by molar-refractivity contribution is 6.32. The first kappa shape index (κ1) is 26.2. The molecule has 208 valence electrons. The Morgan fingerprint density at radius 1 is 0.810 bits per heavy atom. The summed E-state index contributed by atoms with van der Waals surface area (Å²) in [6.45, 7) is 0. The zero-order chi connectivity index (χ0) is 29.2. The second-order valence-corrected chi connectivity index (χ2v) is 11.2. The molecule has 0 saturated carbocycles. The van der Waals surface area contributed by atoms with E-state index in [0.717, 1.165) is 11.3 Å². The fourth-order valence-electron chi connectivity index (χ4n) is 7.10. The van der Waals surface area contributed by atoms with Crippen molar-refractivity contribution < 1.29 is 23.9 Å². The van der Waals surface area contributed by atoms with Crippen molar-refractivity contribution in [2.24, 2.45) is 5.41 Å². The van der Waals surface area contributed by atoms with Crippen LogP contribution in [-0.4, -0.2) is 43.7 Å².